The zero-order chi connectivity index (χ0) is 29.7. The van der Waals surface area contributed by atoms with Crippen LogP contribution in [0.15, 0.2) is 60.7 Å². The molecule has 0 bridgehead atoms. The summed E-state index contributed by atoms with van der Waals surface area (Å²) in [5, 5.41) is 14.8. The molecule has 1 spiro atoms. The number of rotatable bonds is 10. The maximum atomic E-state index is 13.4. The van der Waals surface area contributed by atoms with E-state index < -0.39 is 23.5 Å². The normalized spacial score (nSPS) is 17.9. The number of carbonyl (C=O) groups excluding carboxylic acids is 2. The van der Waals surface area contributed by atoms with Gasteiger partial charge in [-0.3, -0.25) is 9.69 Å². The van der Waals surface area contributed by atoms with Crippen LogP contribution in [0.4, 0.5) is 0 Å². The third-order valence-electron chi connectivity index (χ3n) is 8.18. The standard InChI is InChI=1S/C30H39NO4.C2H2O4/c1-25(32)30(23-26-11-5-2-6-12-26,35-24-27-13-7-3-8-14-27)28(33)34-22-21-31-19-17-29(18-20-31)15-9-4-10-16-29;3-1(4)2(5)6/h2-3,5-8,11-14H,4,9-10,15-24H2,1H3;(H,3,4)(H,5,6). The highest BCUT2D eigenvalue weighted by Crippen LogP contribution is 2.44. The number of carboxylic acids is 2. The Labute approximate surface area is 241 Å². The summed E-state index contributed by atoms with van der Waals surface area (Å²) in [4.78, 5) is 47.0. The number of hydrogen-bond acceptors (Lipinski definition) is 7. The van der Waals surface area contributed by atoms with Crippen molar-refractivity contribution in [1.82, 2.24) is 4.90 Å². The first-order valence-electron chi connectivity index (χ1n) is 14.2. The summed E-state index contributed by atoms with van der Waals surface area (Å²) in [5.74, 6) is -4.57. The van der Waals surface area contributed by atoms with Crippen molar-refractivity contribution in [2.45, 2.75) is 70.5 Å². The van der Waals surface area contributed by atoms with Crippen LogP contribution in [-0.4, -0.2) is 70.6 Å². The number of hydrogen-bond donors (Lipinski definition) is 2. The lowest BCUT2D eigenvalue weighted by molar-refractivity contribution is -0.179. The van der Waals surface area contributed by atoms with Crippen LogP contribution in [0.25, 0.3) is 0 Å². The van der Waals surface area contributed by atoms with Gasteiger partial charge in [0.15, 0.2) is 5.78 Å². The minimum Gasteiger partial charge on any atom is -0.473 e. The number of benzene rings is 2. The maximum Gasteiger partial charge on any atom is 0.414 e. The Morgan fingerprint density at radius 2 is 1.34 bits per heavy atom. The molecule has 1 unspecified atom stereocenters. The van der Waals surface area contributed by atoms with Gasteiger partial charge in [-0.1, -0.05) is 79.9 Å². The van der Waals surface area contributed by atoms with Gasteiger partial charge in [0.05, 0.1) is 6.61 Å². The van der Waals surface area contributed by atoms with Crippen LogP contribution in [0.5, 0.6) is 0 Å². The third-order valence-corrected chi connectivity index (χ3v) is 8.18. The summed E-state index contributed by atoms with van der Waals surface area (Å²) >= 11 is 0. The molecule has 9 heteroatoms. The summed E-state index contributed by atoms with van der Waals surface area (Å²) in [6.45, 7) is 4.66. The van der Waals surface area contributed by atoms with Crippen LogP contribution in [0.3, 0.4) is 0 Å². The summed E-state index contributed by atoms with van der Waals surface area (Å²) in [6.07, 6.45) is 9.50. The van der Waals surface area contributed by atoms with Gasteiger partial charge in [-0.15, -0.1) is 0 Å². The van der Waals surface area contributed by atoms with Crippen LogP contribution in [0, 0.1) is 5.41 Å². The van der Waals surface area contributed by atoms with Gasteiger partial charge in [0.2, 0.25) is 5.60 Å². The fourth-order valence-corrected chi connectivity index (χ4v) is 5.65. The molecule has 9 nitrogen and oxygen atoms in total. The smallest absolute Gasteiger partial charge is 0.414 e. The Hall–Kier alpha value is -3.56. The van der Waals surface area contributed by atoms with E-state index in [1.54, 1.807) is 0 Å². The second-order valence-electron chi connectivity index (χ2n) is 11.0. The molecule has 1 atom stereocenters. The minimum atomic E-state index is -1.82. The van der Waals surface area contributed by atoms with E-state index in [0.29, 0.717) is 12.0 Å². The summed E-state index contributed by atoms with van der Waals surface area (Å²) in [6, 6.07) is 19.1. The molecule has 2 N–H and O–H groups in total. The molecule has 2 aromatic carbocycles. The molecule has 1 heterocycles. The molecule has 41 heavy (non-hydrogen) atoms. The van der Waals surface area contributed by atoms with E-state index in [0.717, 1.165) is 24.2 Å². The van der Waals surface area contributed by atoms with Gasteiger partial charge < -0.3 is 19.7 Å². The number of carboxylic acid groups (broad SMARTS) is 2. The quantitative estimate of drug-likeness (QED) is 0.242. The van der Waals surface area contributed by atoms with Crippen LogP contribution >= 0.6 is 0 Å². The van der Waals surface area contributed by atoms with E-state index in [1.165, 1.54) is 51.9 Å². The van der Waals surface area contributed by atoms with E-state index in [2.05, 4.69) is 4.90 Å². The van der Waals surface area contributed by atoms with E-state index in [1.807, 2.05) is 60.7 Å². The predicted molar refractivity (Wildman–Crippen MR) is 152 cm³/mol. The molecule has 2 aromatic rings. The van der Waals surface area contributed by atoms with Crippen molar-refractivity contribution in [3.63, 3.8) is 0 Å². The molecule has 2 fully saturated rings. The van der Waals surface area contributed by atoms with E-state index in [-0.39, 0.29) is 25.4 Å². The van der Waals surface area contributed by atoms with Gasteiger partial charge in [0.1, 0.15) is 6.61 Å². The lowest BCUT2D eigenvalue weighted by Crippen LogP contribution is -2.51. The van der Waals surface area contributed by atoms with E-state index in [4.69, 9.17) is 29.3 Å². The van der Waals surface area contributed by atoms with Crippen molar-refractivity contribution in [2.24, 2.45) is 5.41 Å². The van der Waals surface area contributed by atoms with Crippen LogP contribution < -0.4 is 0 Å². The highest BCUT2D eigenvalue weighted by Gasteiger charge is 2.46. The van der Waals surface area contributed by atoms with Gasteiger partial charge in [0, 0.05) is 13.0 Å². The van der Waals surface area contributed by atoms with Crippen molar-refractivity contribution in [3.8, 4) is 0 Å². The summed E-state index contributed by atoms with van der Waals surface area (Å²) in [7, 11) is 0. The fraction of sp³-hybridized carbons (Fsp3) is 0.500. The van der Waals surface area contributed by atoms with Crippen molar-refractivity contribution >= 4 is 23.7 Å². The second kappa shape index (κ2) is 15.4. The van der Waals surface area contributed by atoms with Crippen molar-refractivity contribution < 1.29 is 38.9 Å². The average Bonchev–Trinajstić information content (AvgIpc) is 2.98. The van der Waals surface area contributed by atoms with Crippen molar-refractivity contribution in [1.29, 1.82) is 0 Å². The number of esters is 1. The Kier molecular flexibility index (Phi) is 12.0. The van der Waals surface area contributed by atoms with Gasteiger partial charge in [-0.05, 0) is 62.2 Å². The number of ether oxygens (including phenoxy) is 2. The van der Waals surface area contributed by atoms with Crippen LogP contribution in [-0.2, 0) is 41.7 Å². The zero-order valence-corrected chi connectivity index (χ0v) is 23.8. The van der Waals surface area contributed by atoms with E-state index in [9.17, 15) is 9.59 Å². The molecule has 222 valence electrons. The molecule has 0 aromatic heterocycles. The monoisotopic (exact) mass is 567 g/mol. The molecule has 1 saturated heterocycles. The second-order valence-corrected chi connectivity index (χ2v) is 11.0. The molecule has 2 aliphatic rings. The molecular weight excluding hydrogens is 526 g/mol. The first kappa shape index (κ1) is 32.0. The van der Waals surface area contributed by atoms with Gasteiger partial charge >= 0.3 is 17.9 Å². The molecule has 1 aliphatic carbocycles. The molecule has 1 saturated carbocycles. The number of piperidine rings is 1. The minimum absolute atomic E-state index is 0.154. The largest absolute Gasteiger partial charge is 0.473 e. The molecule has 0 radical (unpaired) electrons. The van der Waals surface area contributed by atoms with Gasteiger partial charge in [-0.25, -0.2) is 14.4 Å². The summed E-state index contributed by atoms with van der Waals surface area (Å²) in [5.41, 5.74) is 0.659. The Morgan fingerprint density at radius 1 is 0.805 bits per heavy atom. The molecule has 1 aliphatic heterocycles. The average molecular weight is 568 g/mol. The van der Waals surface area contributed by atoms with Gasteiger partial charge in [-0.2, -0.15) is 0 Å². The van der Waals surface area contributed by atoms with Crippen LogP contribution in [0.2, 0.25) is 0 Å². The molecule has 0 amide bonds. The Bertz CT molecular complexity index is 1120. The zero-order valence-electron chi connectivity index (χ0n) is 23.8. The number of Topliss-reactive ketones (excluding diaryl/α,β-unsaturated/α-hetero) is 1. The molecular formula is C32H41NO8. The lowest BCUT2D eigenvalue weighted by atomic mass is 9.68. The maximum absolute atomic E-state index is 13.4. The van der Waals surface area contributed by atoms with Crippen molar-refractivity contribution in [3.05, 3.63) is 71.8 Å². The van der Waals surface area contributed by atoms with Gasteiger partial charge in [0.25, 0.3) is 0 Å². The fourth-order valence-electron chi connectivity index (χ4n) is 5.65. The SMILES string of the molecule is CC(=O)C(Cc1ccccc1)(OCc1ccccc1)C(=O)OCCN1CCC2(CCCCC2)CC1.O=C(O)C(=O)O. The van der Waals surface area contributed by atoms with Crippen molar-refractivity contribution in [2.75, 3.05) is 26.2 Å². The number of ketones is 1. The first-order chi connectivity index (χ1) is 19.7. The van der Waals surface area contributed by atoms with Crippen LogP contribution in [0.1, 0.15) is 63.0 Å². The van der Waals surface area contributed by atoms with E-state index >= 15 is 0 Å². The first-order valence-corrected chi connectivity index (χ1v) is 14.2. The Balaban J connectivity index is 0.000000696. The number of carbonyl (C=O) groups is 4. The number of likely N-dealkylation sites (tertiary alicyclic amines) is 1. The highest BCUT2D eigenvalue weighted by atomic mass is 16.6. The summed E-state index contributed by atoms with van der Waals surface area (Å²) < 4.78 is 11.9. The topological polar surface area (TPSA) is 130 Å². The third kappa shape index (κ3) is 9.50. The number of nitrogens with zero attached hydrogens (tertiary/aromatic N) is 1. The number of aliphatic carboxylic acids is 2. The highest BCUT2D eigenvalue weighted by molar-refractivity contribution is 6.27. The predicted octanol–water partition coefficient (Wildman–Crippen LogP) is 4.52. The lowest BCUT2D eigenvalue weighted by Gasteiger charge is -2.44. The Morgan fingerprint density at radius 3 is 1.85 bits per heavy atom. The molecule has 4 rings (SSSR count).